The van der Waals surface area contributed by atoms with Crippen molar-refractivity contribution < 1.29 is 9.47 Å². The fourth-order valence-corrected chi connectivity index (χ4v) is 3.20. The summed E-state index contributed by atoms with van der Waals surface area (Å²) < 4.78 is 11.1. The van der Waals surface area contributed by atoms with E-state index < -0.39 is 0 Å². The first-order valence-corrected chi connectivity index (χ1v) is 7.74. The van der Waals surface area contributed by atoms with Crippen LogP contribution in [0.15, 0.2) is 35.7 Å². The van der Waals surface area contributed by atoms with Crippen LogP contribution in [0.3, 0.4) is 0 Å². The summed E-state index contributed by atoms with van der Waals surface area (Å²) in [6, 6.07) is 10.6. The highest BCUT2D eigenvalue weighted by atomic mass is 32.1. The van der Waals surface area contributed by atoms with Crippen molar-refractivity contribution in [3.05, 3.63) is 46.2 Å². The van der Waals surface area contributed by atoms with Gasteiger partial charge in [-0.15, -0.1) is 11.3 Å². The van der Waals surface area contributed by atoms with Gasteiger partial charge in [-0.25, -0.2) is 0 Å². The Morgan fingerprint density at radius 2 is 2.10 bits per heavy atom. The zero-order chi connectivity index (χ0) is 13.9. The van der Waals surface area contributed by atoms with Gasteiger partial charge in [0.25, 0.3) is 0 Å². The number of methoxy groups -OCH3 is 1. The van der Waals surface area contributed by atoms with E-state index in [9.17, 15) is 0 Å². The summed E-state index contributed by atoms with van der Waals surface area (Å²) in [5.41, 5.74) is 1.22. The molecule has 0 saturated heterocycles. The van der Waals surface area contributed by atoms with E-state index in [-0.39, 0.29) is 6.04 Å². The Morgan fingerprint density at radius 1 is 1.25 bits per heavy atom. The number of benzene rings is 1. The summed E-state index contributed by atoms with van der Waals surface area (Å²) in [6.45, 7) is 0. The predicted molar refractivity (Wildman–Crippen MR) is 81.9 cm³/mol. The van der Waals surface area contributed by atoms with E-state index in [0.29, 0.717) is 6.10 Å². The van der Waals surface area contributed by atoms with E-state index >= 15 is 0 Å². The quantitative estimate of drug-likeness (QED) is 0.881. The summed E-state index contributed by atoms with van der Waals surface area (Å²) >= 11 is 1.71. The summed E-state index contributed by atoms with van der Waals surface area (Å²) in [5.74, 6) is 1.88. The van der Waals surface area contributed by atoms with Gasteiger partial charge in [0.15, 0.2) is 0 Å². The van der Waals surface area contributed by atoms with Crippen molar-refractivity contribution in [1.82, 2.24) is 5.32 Å². The highest BCUT2D eigenvalue weighted by Gasteiger charge is 2.24. The van der Waals surface area contributed by atoms with Gasteiger partial charge in [0.05, 0.1) is 19.3 Å². The minimum absolute atomic E-state index is 0.173. The molecule has 1 aliphatic rings. The summed E-state index contributed by atoms with van der Waals surface area (Å²) in [6.07, 6.45) is 2.80. The van der Waals surface area contributed by atoms with Gasteiger partial charge < -0.3 is 14.8 Å². The number of thiophene rings is 1. The molecule has 1 heterocycles. The first kappa shape index (κ1) is 13.5. The van der Waals surface area contributed by atoms with E-state index in [1.807, 2.05) is 18.5 Å². The molecular weight excluding hydrogens is 270 g/mol. The van der Waals surface area contributed by atoms with Crippen LogP contribution in [0.25, 0.3) is 0 Å². The zero-order valence-electron chi connectivity index (χ0n) is 11.8. The summed E-state index contributed by atoms with van der Waals surface area (Å²) in [5, 5.41) is 5.40. The fourth-order valence-electron chi connectivity index (χ4n) is 2.21. The first-order chi connectivity index (χ1) is 9.80. The fraction of sp³-hybridized carbons (Fsp3) is 0.375. The highest BCUT2D eigenvalue weighted by molar-refractivity contribution is 7.10. The maximum atomic E-state index is 5.87. The molecule has 2 aromatic rings. The molecule has 1 atom stereocenters. The second-order valence-electron chi connectivity index (χ2n) is 5.00. The van der Waals surface area contributed by atoms with Crippen LogP contribution in [-0.2, 0) is 0 Å². The van der Waals surface area contributed by atoms with E-state index in [1.54, 1.807) is 18.4 Å². The molecule has 0 bridgehead atoms. The second kappa shape index (κ2) is 5.85. The van der Waals surface area contributed by atoms with Gasteiger partial charge in [0.2, 0.25) is 0 Å². The second-order valence-corrected chi connectivity index (χ2v) is 5.94. The molecular formula is C16H19NO2S. The standard InChI is InChI=1S/C16H19NO2S/c1-17-16(15-9-14(18-2)10-20-15)11-4-3-5-13(8-11)19-12-6-7-12/h3-5,8-10,12,16-17H,6-7H2,1-2H3. The molecule has 4 heteroatoms. The lowest BCUT2D eigenvalue weighted by atomic mass is 10.1. The molecule has 20 heavy (non-hydrogen) atoms. The molecule has 1 fully saturated rings. The first-order valence-electron chi connectivity index (χ1n) is 6.86. The third-order valence-corrected chi connectivity index (χ3v) is 4.40. The molecule has 0 spiro atoms. The van der Waals surface area contributed by atoms with E-state index in [2.05, 4.69) is 29.6 Å². The largest absolute Gasteiger partial charge is 0.496 e. The molecule has 0 amide bonds. The summed E-state index contributed by atoms with van der Waals surface area (Å²) in [7, 11) is 3.68. The Morgan fingerprint density at radius 3 is 2.75 bits per heavy atom. The minimum atomic E-state index is 0.173. The number of hydrogen-bond acceptors (Lipinski definition) is 4. The normalized spacial score (nSPS) is 15.9. The topological polar surface area (TPSA) is 30.5 Å². The third-order valence-electron chi connectivity index (χ3n) is 3.42. The SMILES string of the molecule is CNC(c1cccc(OC2CC2)c1)c1cc(OC)cs1. The highest BCUT2D eigenvalue weighted by Crippen LogP contribution is 2.33. The van der Waals surface area contributed by atoms with Crippen molar-refractivity contribution in [2.75, 3.05) is 14.2 Å². The van der Waals surface area contributed by atoms with Gasteiger partial charge in [-0.1, -0.05) is 12.1 Å². The number of ether oxygens (including phenoxy) is 2. The van der Waals surface area contributed by atoms with Crippen LogP contribution in [-0.4, -0.2) is 20.3 Å². The minimum Gasteiger partial charge on any atom is -0.496 e. The Hall–Kier alpha value is -1.52. The number of rotatable bonds is 6. The van der Waals surface area contributed by atoms with Gasteiger partial charge in [-0.2, -0.15) is 0 Å². The Labute approximate surface area is 123 Å². The maximum absolute atomic E-state index is 5.87. The number of hydrogen-bond donors (Lipinski definition) is 1. The molecule has 0 radical (unpaired) electrons. The Kier molecular flexibility index (Phi) is 3.94. The molecule has 3 nitrogen and oxygen atoms in total. The molecule has 3 rings (SSSR count). The van der Waals surface area contributed by atoms with Crippen LogP contribution >= 0.6 is 11.3 Å². The van der Waals surface area contributed by atoms with Gasteiger partial charge >= 0.3 is 0 Å². The van der Waals surface area contributed by atoms with E-state index in [0.717, 1.165) is 11.5 Å². The average Bonchev–Trinajstić information content (AvgIpc) is 3.15. The molecule has 1 saturated carbocycles. The lowest BCUT2D eigenvalue weighted by molar-refractivity contribution is 0.302. The smallest absolute Gasteiger partial charge is 0.129 e. The Bertz CT molecular complexity index is 577. The summed E-state index contributed by atoms with van der Waals surface area (Å²) in [4.78, 5) is 1.24. The van der Waals surface area contributed by atoms with Crippen LogP contribution in [0.5, 0.6) is 11.5 Å². The van der Waals surface area contributed by atoms with Crippen LogP contribution < -0.4 is 14.8 Å². The van der Waals surface area contributed by atoms with Crippen LogP contribution in [0, 0.1) is 0 Å². The van der Waals surface area contributed by atoms with Gasteiger partial charge in [0, 0.05) is 10.3 Å². The number of nitrogens with one attached hydrogen (secondary N) is 1. The lowest BCUT2D eigenvalue weighted by Gasteiger charge is -2.16. The van der Waals surface area contributed by atoms with Gasteiger partial charge in [-0.3, -0.25) is 0 Å². The average molecular weight is 289 g/mol. The van der Waals surface area contributed by atoms with Crippen LogP contribution in [0.4, 0.5) is 0 Å². The van der Waals surface area contributed by atoms with E-state index in [4.69, 9.17) is 9.47 Å². The molecule has 0 aliphatic heterocycles. The van der Waals surface area contributed by atoms with Crippen molar-refractivity contribution in [3.63, 3.8) is 0 Å². The third kappa shape index (κ3) is 2.97. The van der Waals surface area contributed by atoms with Crippen molar-refractivity contribution in [1.29, 1.82) is 0 Å². The monoisotopic (exact) mass is 289 g/mol. The van der Waals surface area contributed by atoms with Crippen LogP contribution in [0.1, 0.15) is 29.3 Å². The van der Waals surface area contributed by atoms with Gasteiger partial charge in [-0.05, 0) is 43.7 Å². The van der Waals surface area contributed by atoms with Gasteiger partial charge in [0.1, 0.15) is 11.5 Å². The van der Waals surface area contributed by atoms with E-state index in [1.165, 1.54) is 23.3 Å². The van der Waals surface area contributed by atoms with Crippen LogP contribution in [0.2, 0.25) is 0 Å². The van der Waals surface area contributed by atoms with Crippen molar-refractivity contribution in [2.45, 2.75) is 25.0 Å². The molecule has 1 aromatic carbocycles. The molecule has 1 N–H and O–H groups in total. The molecule has 1 aromatic heterocycles. The molecule has 1 aliphatic carbocycles. The zero-order valence-corrected chi connectivity index (χ0v) is 12.6. The molecule has 1 unspecified atom stereocenters. The molecule has 106 valence electrons. The van der Waals surface area contributed by atoms with Crippen molar-refractivity contribution in [3.8, 4) is 11.5 Å². The van der Waals surface area contributed by atoms with Crippen molar-refractivity contribution in [2.24, 2.45) is 0 Å². The Balaban J connectivity index is 1.83. The maximum Gasteiger partial charge on any atom is 0.129 e. The lowest BCUT2D eigenvalue weighted by Crippen LogP contribution is -2.16. The predicted octanol–water partition coefficient (Wildman–Crippen LogP) is 3.61. The van der Waals surface area contributed by atoms with Crippen molar-refractivity contribution >= 4 is 11.3 Å².